The fraction of sp³-hybridized carbons (Fsp3) is 0.900. The Morgan fingerprint density at radius 1 is 1.09 bits per heavy atom. The molecule has 1 atom stereocenters. The first-order chi connectivity index (χ1) is 4.95. The minimum Gasteiger partial charge on any atom is -0.299 e. The lowest BCUT2D eigenvalue weighted by atomic mass is 9.89. The molecule has 0 aromatic heterocycles. The zero-order valence-corrected chi connectivity index (χ0v) is 8.35. The molecule has 0 rings (SSSR count). The normalized spacial score (nSPS) is 14.1. The van der Waals surface area contributed by atoms with Crippen LogP contribution in [0.3, 0.4) is 0 Å². The summed E-state index contributed by atoms with van der Waals surface area (Å²) < 4.78 is 0. The van der Waals surface area contributed by atoms with Gasteiger partial charge in [-0.15, -0.1) is 0 Å². The first kappa shape index (κ1) is 10.7. The van der Waals surface area contributed by atoms with E-state index in [4.69, 9.17) is 0 Å². The fourth-order valence-corrected chi connectivity index (χ4v) is 0.960. The van der Waals surface area contributed by atoms with E-state index in [2.05, 4.69) is 27.7 Å². The zero-order valence-electron chi connectivity index (χ0n) is 8.35. The highest BCUT2D eigenvalue weighted by atomic mass is 16.1. The van der Waals surface area contributed by atoms with Gasteiger partial charge in [0.15, 0.2) is 0 Å². The van der Waals surface area contributed by atoms with Crippen LogP contribution in [0.15, 0.2) is 0 Å². The summed E-state index contributed by atoms with van der Waals surface area (Å²) in [5.74, 6) is 1.64. The second kappa shape index (κ2) is 4.53. The Kier molecular flexibility index (Phi) is 4.39. The average molecular weight is 156 g/mol. The summed E-state index contributed by atoms with van der Waals surface area (Å²) in [5, 5.41) is 0. The molecule has 0 N–H and O–H groups in total. The Hall–Kier alpha value is -0.330. The van der Waals surface area contributed by atoms with E-state index in [1.54, 1.807) is 0 Å². The van der Waals surface area contributed by atoms with Gasteiger partial charge in [0, 0.05) is 12.3 Å². The predicted molar refractivity (Wildman–Crippen MR) is 48.5 cm³/mol. The van der Waals surface area contributed by atoms with Gasteiger partial charge in [0.25, 0.3) is 0 Å². The molecule has 0 aromatic carbocycles. The molecule has 0 aliphatic carbocycles. The fourth-order valence-electron chi connectivity index (χ4n) is 0.960. The Labute approximate surface area is 70.2 Å². The molecular weight excluding hydrogens is 136 g/mol. The van der Waals surface area contributed by atoms with Crippen LogP contribution in [0.4, 0.5) is 0 Å². The minimum absolute atomic E-state index is 0.234. The molecule has 0 aliphatic heterocycles. The molecule has 0 saturated heterocycles. The van der Waals surface area contributed by atoms with Crippen molar-refractivity contribution < 1.29 is 4.79 Å². The van der Waals surface area contributed by atoms with Crippen molar-refractivity contribution in [3.05, 3.63) is 0 Å². The van der Waals surface area contributed by atoms with Crippen LogP contribution in [0.25, 0.3) is 0 Å². The van der Waals surface area contributed by atoms with Gasteiger partial charge < -0.3 is 0 Å². The predicted octanol–water partition coefficient (Wildman–Crippen LogP) is 2.89. The quantitative estimate of drug-likeness (QED) is 0.611. The summed E-state index contributed by atoms with van der Waals surface area (Å²) in [6.45, 7) is 10.4. The van der Waals surface area contributed by atoms with Crippen molar-refractivity contribution in [3.63, 3.8) is 0 Å². The van der Waals surface area contributed by atoms with Gasteiger partial charge in [-0.2, -0.15) is 0 Å². The van der Waals surface area contributed by atoms with Crippen LogP contribution in [-0.4, -0.2) is 5.78 Å². The van der Waals surface area contributed by atoms with Gasteiger partial charge in [0.2, 0.25) is 0 Å². The molecule has 0 radical (unpaired) electrons. The standard InChI is InChI=1S/C10H20O/c1-7(2)6-10(11)9(5)8(3)4/h7-9H,6H2,1-5H3/t9-/m1/s1. The number of hydrogen-bond donors (Lipinski definition) is 0. The van der Waals surface area contributed by atoms with E-state index in [0.717, 1.165) is 6.42 Å². The highest BCUT2D eigenvalue weighted by Gasteiger charge is 2.16. The molecule has 1 nitrogen and oxygen atoms in total. The van der Waals surface area contributed by atoms with Crippen molar-refractivity contribution in [1.29, 1.82) is 0 Å². The van der Waals surface area contributed by atoms with E-state index in [9.17, 15) is 4.79 Å². The van der Waals surface area contributed by atoms with Gasteiger partial charge in [-0.25, -0.2) is 0 Å². The molecule has 0 aliphatic rings. The van der Waals surface area contributed by atoms with Crippen LogP contribution in [0.2, 0.25) is 0 Å². The monoisotopic (exact) mass is 156 g/mol. The van der Waals surface area contributed by atoms with Crippen molar-refractivity contribution in [2.75, 3.05) is 0 Å². The van der Waals surface area contributed by atoms with Gasteiger partial charge >= 0.3 is 0 Å². The lowest BCUT2D eigenvalue weighted by Gasteiger charge is -2.14. The third kappa shape index (κ3) is 4.18. The summed E-state index contributed by atoms with van der Waals surface area (Å²) in [4.78, 5) is 11.4. The van der Waals surface area contributed by atoms with E-state index in [1.807, 2.05) is 6.92 Å². The van der Waals surface area contributed by atoms with E-state index in [-0.39, 0.29) is 5.92 Å². The topological polar surface area (TPSA) is 17.1 Å². The van der Waals surface area contributed by atoms with E-state index in [1.165, 1.54) is 0 Å². The second-order valence-electron chi connectivity index (χ2n) is 4.10. The SMILES string of the molecule is CC(C)CC(=O)[C@H](C)C(C)C. The third-order valence-electron chi connectivity index (χ3n) is 2.12. The lowest BCUT2D eigenvalue weighted by Crippen LogP contribution is -2.18. The van der Waals surface area contributed by atoms with Crippen molar-refractivity contribution in [3.8, 4) is 0 Å². The minimum atomic E-state index is 0.234. The molecule has 1 heteroatoms. The molecule has 11 heavy (non-hydrogen) atoms. The number of hydrogen-bond acceptors (Lipinski definition) is 1. The van der Waals surface area contributed by atoms with Gasteiger partial charge in [0.05, 0.1) is 0 Å². The van der Waals surface area contributed by atoms with Crippen LogP contribution in [-0.2, 0) is 4.79 Å². The van der Waals surface area contributed by atoms with E-state index in [0.29, 0.717) is 17.6 Å². The molecule has 0 heterocycles. The van der Waals surface area contributed by atoms with Crippen LogP contribution in [0.1, 0.15) is 41.0 Å². The van der Waals surface area contributed by atoms with Crippen LogP contribution in [0, 0.1) is 17.8 Å². The van der Waals surface area contributed by atoms with Crippen molar-refractivity contribution in [2.24, 2.45) is 17.8 Å². The number of ketones is 1. The summed E-state index contributed by atoms with van der Waals surface area (Å²) in [5.41, 5.74) is 0. The molecule has 66 valence electrons. The van der Waals surface area contributed by atoms with Gasteiger partial charge in [-0.3, -0.25) is 4.79 Å². The van der Waals surface area contributed by atoms with E-state index < -0.39 is 0 Å². The Bertz CT molecular complexity index is 125. The third-order valence-corrected chi connectivity index (χ3v) is 2.12. The van der Waals surface area contributed by atoms with Crippen molar-refractivity contribution >= 4 is 5.78 Å². The summed E-state index contributed by atoms with van der Waals surface area (Å²) in [6, 6.07) is 0. The van der Waals surface area contributed by atoms with Crippen molar-refractivity contribution in [1.82, 2.24) is 0 Å². The van der Waals surface area contributed by atoms with Crippen LogP contribution < -0.4 is 0 Å². The number of rotatable bonds is 4. The molecule has 0 fully saturated rings. The number of carbonyl (C=O) groups excluding carboxylic acids is 1. The largest absolute Gasteiger partial charge is 0.299 e. The highest BCUT2D eigenvalue weighted by Crippen LogP contribution is 2.15. The summed E-state index contributed by atoms with van der Waals surface area (Å²) in [6.07, 6.45) is 0.735. The molecule has 0 saturated carbocycles. The Morgan fingerprint density at radius 3 is 1.82 bits per heavy atom. The molecule has 0 spiro atoms. The zero-order chi connectivity index (χ0) is 9.02. The van der Waals surface area contributed by atoms with Gasteiger partial charge in [-0.05, 0) is 11.8 Å². The smallest absolute Gasteiger partial charge is 0.136 e. The van der Waals surface area contributed by atoms with Crippen LogP contribution in [0.5, 0.6) is 0 Å². The maximum atomic E-state index is 11.4. The highest BCUT2D eigenvalue weighted by molar-refractivity contribution is 5.80. The first-order valence-corrected chi connectivity index (χ1v) is 4.47. The summed E-state index contributed by atoms with van der Waals surface area (Å²) in [7, 11) is 0. The molecule has 0 bridgehead atoms. The summed E-state index contributed by atoms with van der Waals surface area (Å²) >= 11 is 0. The van der Waals surface area contributed by atoms with Gasteiger partial charge in [0.1, 0.15) is 5.78 Å². The van der Waals surface area contributed by atoms with Crippen molar-refractivity contribution in [2.45, 2.75) is 41.0 Å². The molecular formula is C10H20O. The average Bonchev–Trinajstić information content (AvgIpc) is 1.84. The Balaban J connectivity index is 3.83. The number of carbonyl (C=O) groups is 1. The Morgan fingerprint density at radius 2 is 1.55 bits per heavy atom. The molecule has 0 aromatic rings. The van der Waals surface area contributed by atoms with E-state index >= 15 is 0 Å². The maximum Gasteiger partial charge on any atom is 0.136 e. The molecule has 0 unspecified atom stereocenters. The van der Waals surface area contributed by atoms with Gasteiger partial charge in [-0.1, -0.05) is 34.6 Å². The lowest BCUT2D eigenvalue weighted by molar-refractivity contribution is -0.124. The second-order valence-corrected chi connectivity index (χ2v) is 4.10. The number of Topliss-reactive ketones (excluding diaryl/α,β-unsaturated/α-hetero) is 1. The maximum absolute atomic E-state index is 11.4. The first-order valence-electron chi connectivity index (χ1n) is 4.47. The molecule has 0 amide bonds. The van der Waals surface area contributed by atoms with Crippen LogP contribution >= 0.6 is 0 Å².